The average molecular weight is 326 g/mol. The van der Waals surface area contributed by atoms with Crippen LogP contribution in [0.1, 0.15) is 30.8 Å². The molecule has 1 aromatic carbocycles. The number of benzene rings is 1. The zero-order valence-corrected chi connectivity index (χ0v) is 14.2. The van der Waals surface area contributed by atoms with Gasteiger partial charge in [0.1, 0.15) is 6.33 Å². The fourth-order valence-electron chi connectivity index (χ4n) is 3.10. The minimum Gasteiger partial charge on any atom is -0.380 e. The van der Waals surface area contributed by atoms with Gasteiger partial charge in [0.15, 0.2) is 5.82 Å². The van der Waals surface area contributed by atoms with Crippen LogP contribution in [0.4, 0.5) is 0 Å². The molecule has 1 fully saturated rings. The number of rotatable bonds is 4. The van der Waals surface area contributed by atoms with Crippen LogP contribution in [0.15, 0.2) is 42.7 Å². The van der Waals surface area contributed by atoms with Gasteiger partial charge in [0.05, 0.1) is 12.1 Å². The standard InChI is InChI=1S/C18H22N4O2/c1-13(14-7-5-4-6-8-14)9-17(23)22-11-15(24-3)10-16(22)18-20-19-12-21(18)2/h4-9,12,15-16H,10-11H2,1-3H3/b13-9+/t15-,16+/m1/s1. The van der Waals surface area contributed by atoms with Crippen molar-refractivity contribution in [2.45, 2.75) is 25.5 Å². The Morgan fingerprint density at radius 3 is 2.71 bits per heavy atom. The summed E-state index contributed by atoms with van der Waals surface area (Å²) >= 11 is 0. The zero-order chi connectivity index (χ0) is 17.1. The van der Waals surface area contributed by atoms with Gasteiger partial charge in [-0.15, -0.1) is 10.2 Å². The molecule has 1 aliphatic heterocycles. The van der Waals surface area contributed by atoms with E-state index in [2.05, 4.69) is 10.2 Å². The molecule has 1 amide bonds. The first kappa shape index (κ1) is 16.4. The normalized spacial score (nSPS) is 21.3. The largest absolute Gasteiger partial charge is 0.380 e. The highest BCUT2D eigenvalue weighted by Crippen LogP contribution is 2.32. The lowest BCUT2D eigenvalue weighted by molar-refractivity contribution is -0.127. The van der Waals surface area contributed by atoms with Crippen LogP contribution in [-0.4, -0.2) is 45.3 Å². The molecular formula is C18H22N4O2. The summed E-state index contributed by atoms with van der Waals surface area (Å²) in [5.74, 6) is 0.762. The molecule has 6 nitrogen and oxygen atoms in total. The fourth-order valence-corrected chi connectivity index (χ4v) is 3.10. The van der Waals surface area contributed by atoms with Crippen LogP contribution in [0.2, 0.25) is 0 Å². The predicted molar refractivity (Wildman–Crippen MR) is 91.0 cm³/mol. The number of amides is 1. The number of nitrogens with zero attached hydrogens (tertiary/aromatic N) is 4. The summed E-state index contributed by atoms with van der Waals surface area (Å²) in [5.41, 5.74) is 1.99. The van der Waals surface area contributed by atoms with Gasteiger partial charge in [0.2, 0.25) is 5.91 Å². The molecule has 2 heterocycles. The minimum atomic E-state index is -0.116. The van der Waals surface area contributed by atoms with E-state index in [1.165, 1.54) is 0 Å². The molecule has 0 radical (unpaired) electrons. The lowest BCUT2D eigenvalue weighted by Gasteiger charge is -2.22. The molecular weight excluding hydrogens is 304 g/mol. The average Bonchev–Trinajstić information content (AvgIpc) is 3.21. The third-order valence-corrected chi connectivity index (χ3v) is 4.49. The van der Waals surface area contributed by atoms with Gasteiger partial charge in [-0.05, 0) is 18.1 Å². The van der Waals surface area contributed by atoms with Crippen molar-refractivity contribution < 1.29 is 9.53 Å². The minimum absolute atomic E-state index is 0.0149. The van der Waals surface area contributed by atoms with Crippen LogP contribution in [0.5, 0.6) is 0 Å². The maximum Gasteiger partial charge on any atom is 0.247 e. The Labute approximate surface area is 141 Å². The van der Waals surface area contributed by atoms with Crippen molar-refractivity contribution >= 4 is 11.5 Å². The Morgan fingerprint density at radius 2 is 2.08 bits per heavy atom. The molecule has 2 atom stereocenters. The topological polar surface area (TPSA) is 60.3 Å². The van der Waals surface area contributed by atoms with Gasteiger partial charge in [-0.25, -0.2) is 0 Å². The van der Waals surface area contributed by atoms with E-state index < -0.39 is 0 Å². The number of carbonyl (C=O) groups is 1. The lowest BCUT2D eigenvalue weighted by Crippen LogP contribution is -2.31. The highest BCUT2D eigenvalue weighted by Gasteiger charge is 2.38. The van der Waals surface area contributed by atoms with Crippen molar-refractivity contribution in [2.75, 3.05) is 13.7 Å². The number of carbonyl (C=O) groups excluding carboxylic acids is 1. The maximum absolute atomic E-state index is 12.8. The molecule has 0 N–H and O–H groups in total. The molecule has 24 heavy (non-hydrogen) atoms. The quantitative estimate of drug-likeness (QED) is 0.808. The summed E-state index contributed by atoms with van der Waals surface area (Å²) in [4.78, 5) is 14.7. The third kappa shape index (κ3) is 3.23. The summed E-state index contributed by atoms with van der Waals surface area (Å²) in [7, 11) is 3.57. The molecule has 1 aromatic heterocycles. The van der Waals surface area contributed by atoms with Crippen LogP contribution in [-0.2, 0) is 16.6 Å². The van der Waals surface area contributed by atoms with Gasteiger partial charge in [-0.1, -0.05) is 30.3 Å². The van der Waals surface area contributed by atoms with E-state index in [9.17, 15) is 4.79 Å². The molecule has 0 aliphatic carbocycles. The summed E-state index contributed by atoms with van der Waals surface area (Å²) < 4.78 is 7.34. The number of allylic oxidation sites excluding steroid dienone is 1. The second-order valence-corrected chi connectivity index (χ2v) is 6.09. The predicted octanol–water partition coefficient (Wildman–Crippen LogP) is 2.21. The number of ether oxygens (including phenoxy) is 1. The van der Waals surface area contributed by atoms with Crippen molar-refractivity contribution in [1.82, 2.24) is 19.7 Å². The molecule has 0 spiro atoms. The lowest BCUT2D eigenvalue weighted by atomic mass is 10.1. The van der Waals surface area contributed by atoms with Gasteiger partial charge < -0.3 is 14.2 Å². The molecule has 0 saturated carbocycles. The fraction of sp³-hybridized carbons (Fsp3) is 0.389. The van der Waals surface area contributed by atoms with Crippen molar-refractivity contribution in [3.8, 4) is 0 Å². The molecule has 126 valence electrons. The SMILES string of the molecule is CO[C@@H]1C[C@@H](c2nncn2C)N(C(=O)/C=C(\C)c2ccccc2)C1. The van der Waals surface area contributed by atoms with Gasteiger partial charge in [0, 0.05) is 33.2 Å². The first-order chi connectivity index (χ1) is 11.6. The number of aromatic nitrogens is 3. The van der Waals surface area contributed by atoms with E-state index in [-0.39, 0.29) is 18.1 Å². The Morgan fingerprint density at radius 1 is 1.33 bits per heavy atom. The van der Waals surface area contributed by atoms with Crippen LogP contribution in [0, 0.1) is 0 Å². The first-order valence-electron chi connectivity index (χ1n) is 8.01. The summed E-state index contributed by atoms with van der Waals surface area (Å²) in [6, 6.07) is 9.79. The van der Waals surface area contributed by atoms with Gasteiger partial charge in [-0.2, -0.15) is 0 Å². The summed E-state index contributed by atoms with van der Waals surface area (Å²) in [6.07, 6.45) is 4.09. The number of likely N-dealkylation sites (tertiary alicyclic amines) is 1. The van der Waals surface area contributed by atoms with Crippen LogP contribution in [0.3, 0.4) is 0 Å². The van der Waals surface area contributed by atoms with E-state index >= 15 is 0 Å². The second kappa shape index (κ2) is 6.97. The Balaban J connectivity index is 1.85. The third-order valence-electron chi connectivity index (χ3n) is 4.49. The van der Waals surface area contributed by atoms with Crippen molar-refractivity contribution in [3.63, 3.8) is 0 Å². The monoisotopic (exact) mass is 326 g/mol. The van der Waals surface area contributed by atoms with Gasteiger partial charge in [-0.3, -0.25) is 4.79 Å². The van der Waals surface area contributed by atoms with E-state index in [1.54, 1.807) is 19.5 Å². The molecule has 2 aromatic rings. The van der Waals surface area contributed by atoms with Crippen molar-refractivity contribution in [2.24, 2.45) is 7.05 Å². The Kier molecular flexibility index (Phi) is 4.76. The Bertz CT molecular complexity index is 738. The molecule has 3 rings (SSSR count). The van der Waals surface area contributed by atoms with Gasteiger partial charge in [0.25, 0.3) is 0 Å². The van der Waals surface area contributed by atoms with Crippen molar-refractivity contribution in [3.05, 3.63) is 54.1 Å². The molecule has 6 heteroatoms. The smallest absolute Gasteiger partial charge is 0.247 e. The van der Waals surface area contributed by atoms with E-state index in [0.717, 1.165) is 23.4 Å². The highest BCUT2D eigenvalue weighted by atomic mass is 16.5. The number of hydrogen-bond donors (Lipinski definition) is 0. The van der Waals surface area contributed by atoms with Crippen LogP contribution < -0.4 is 0 Å². The maximum atomic E-state index is 12.8. The summed E-state index contributed by atoms with van der Waals surface area (Å²) in [5, 5.41) is 8.12. The van der Waals surface area contributed by atoms with E-state index in [0.29, 0.717) is 6.54 Å². The molecule has 0 unspecified atom stereocenters. The highest BCUT2D eigenvalue weighted by molar-refractivity contribution is 5.95. The number of hydrogen-bond acceptors (Lipinski definition) is 4. The summed E-state index contributed by atoms with van der Waals surface area (Å²) in [6.45, 7) is 2.51. The molecule has 0 bridgehead atoms. The first-order valence-corrected chi connectivity index (χ1v) is 8.01. The molecule has 1 aliphatic rings. The Hall–Kier alpha value is -2.47. The number of aryl methyl sites for hydroxylation is 1. The van der Waals surface area contributed by atoms with Crippen molar-refractivity contribution in [1.29, 1.82) is 0 Å². The van der Waals surface area contributed by atoms with Crippen LogP contribution >= 0.6 is 0 Å². The zero-order valence-electron chi connectivity index (χ0n) is 14.2. The van der Waals surface area contributed by atoms with Crippen LogP contribution in [0.25, 0.3) is 5.57 Å². The second-order valence-electron chi connectivity index (χ2n) is 6.09. The number of methoxy groups -OCH3 is 1. The van der Waals surface area contributed by atoms with E-state index in [1.807, 2.05) is 53.8 Å². The molecule has 1 saturated heterocycles. The van der Waals surface area contributed by atoms with E-state index in [4.69, 9.17) is 4.74 Å². The van der Waals surface area contributed by atoms with Gasteiger partial charge >= 0.3 is 0 Å².